The number of rotatable bonds is 20. The van der Waals surface area contributed by atoms with Crippen LogP contribution in [-0.2, 0) is 14.3 Å². The van der Waals surface area contributed by atoms with Gasteiger partial charge in [-0.15, -0.1) is 0 Å². The Bertz CT molecular complexity index is 581. The van der Waals surface area contributed by atoms with Crippen LogP contribution in [0.1, 0.15) is 131 Å². The van der Waals surface area contributed by atoms with Gasteiger partial charge in [0.25, 0.3) is 0 Å². The summed E-state index contributed by atoms with van der Waals surface area (Å²) in [5, 5.41) is 5.43. The minimum atomic E-state index is -0.578. The summed E-state index contributed by atoms with van der Waals surface area (Å²) in [7, 11) is 0. The van der Waals surface area contributed by atoms with E-state index in [1.54, 1.807) is 20.8 Å². The number of hydrogen-bond acceptors (Lipinski definition) is 4. The van der Waals surface area contributed by atoms with Crippen LogP contribution in [0.15, 0.2) is 12.2 Å². The first-order valence-electron chi connectivity index (χ1n) is 13.6. The van der Waals surface area contributed by atoms with E-state index in [1.165, 1.54) is 64.7 Å². The first kappa shape index (κ1) is 32.1. The molecular weight excluding hydrogens is 428 g/mol. The van der Waals surface area contributed by atoms with Crippen LogP contribution in [0.4, 0.5) is 4.79 Å². The highest BCUT2D eigenvalue weighted by Gasteiger charge is 2.19. The lowest BCUT2D eigenvalue weighted by Gasteiger charge is -2.20. The van der Waals surface area contributed by atoms with E-state index in [4.69, 9.17) is 4.74 Å². The second-order valence-corrected chi connectivity index (χ2v) is 10.3. The van der Waals surface area contributed by atoms with Crippen molar-refractivity contribution in [1.29, 1.82) is 0 Å². The fourth-order valence-corrected chi connectivity index (χ4v) is 3.63. The van der Waals surface area contributed by atoms with Gasteiger partial charge < -0.3 is 15.4 Å². The number of unbranched alkanes of at least 4 members (excludes halogenated alkanes) is 11. The number of ketones is 1. The number of nitrogens with one attached hydrogen (secondary N) is 2. The topological polar surface area (TPSA) is 84.5 Å². The third kappa shape index (κ3) is 22.0. The zero-order valence-electron chi connectivity index (χ0n) is 22.7. The van der Waals surface area contributed by atoms with E-state index < -0.39 is 17.7 Å². The lowest BCUT2D eigenvalue weighted by molar-refractivity contribution is -0.127. The summed E-state index contributed by atoms with van der Waals surface area (Å²) in [5.41, 5.74) is -0.567. The Morgan fingerprint density at radius 2 is 1.35 bits per heavy atom. The van der Waals surface area contributed by atoms with E-state index in [0.717, 1.165) is 25.7 Å². The van der Waals surface area contributed by atoms with Crippen molar-refractivity contribution in [2.45, 2.75) is 143 Å². The molecule has 0 heterocycles. The third-order valence-electron chi connectivity index (χ3n) is 5.59. The van der Waals surface area contributed by atoms with E-state index in [0.29, 0.717) is 12.8 Å². The molecule has 0 spiro atoms. The first-order valence-corrected chi connectivity index (χ1v) is 13.6. The van der Waals surface area contributed by atoms with E-state index in [1.807, 2.05) is 0 Å². The van der Waals surface area contributed by atoms with Crippen molar-refractivity contribution in [1.82, 2.24) is 10.6 Å². The summed E-state index contributed by atoms with van der Waals surface area (Å²) in [6.07, 6.45) is 20.8. The maximum absolute atomic E-state index is 12.2. The number of hydrogen-bond donors (Lipinski definition) is 2. The number of carbonyl (C=O) groups excluding carboxylic acids is 3. The van der Waals surface area contributed by atoms with Gasteiger partial charge in [0.05, 0.1) is 6.04 Å². The predicted molar refractivity (Wildman–Crippen MR) is 141 cm³/mol. The van der Waals surface area contributed by atoms with Crippen LogP contribution in [0.3, 0.4) is 0 Å². The largest absolute Gasteiger partial charge is 0.444 e. The predicted octanol–water partition coefficient (Wildman–Crippen LogP) is 7.01. The van der Waals surface area contributed by atoms with Crippen LogP contribution in [0, 0.1) is 0 Å². The second kappa shape index (κ2) is 20.5. The van der Waals surface area contributed by atoms with Crippen LogP contribution < -0.4 is 10.6 Å². The molecule has 0 unspecified atom stereocenters. The highest BCUT2D eigenvalue weighted by atomic mass is 16.6. The molecular formula is C28H52N2O4. The first-order chi connectivity index (χ1) is 16.2. The average Bonchev–Trinajstić information content (AvgIpc) is 2.74. The number of allylic oxidation sites excluding steroid dienone is 2. The highest BCUT2D eigenvalue weighted by Crippen LogP contribution is 2.10. The van der Waals surface area contributed by atoms with Crippen molar-refractivity contribution in [2.24, 2.45) is 0 Å². The third-order valence-corrected chi connectivity index (χ3v) is 5.59. The van der Waals surface area contributed by atoms with Crippen LogP contribution in [-0.4, -0.2) is 36.0 Å². The molecule has 1 atom stereocenters. The molecule has 34 heavy (non-hydrogen) atoms. The van der Waals surface area contributed by atoms with Crippen molar-refractivity contribution in [2.75, 3.05) is 6.54 Å². The fourth-order valence-electron chi connectivity index (χ4n) is 3.63. The van der Waals surface area contributed by atoms with Crippen LogP contribution >= 0.6 is 0 Å². The van der Waals surface area contributed by atoms with Gasteiger partial charge in [0.2, 0.25) is 5.91 Å². The highest BCUT2D eigenvalue weighted by molar-refractivity contribution is 5.87. The maximum atomic E-state index is 12.2. The molecule has 198 valence electrons. The van der Waals surface area contributed by atoms with Gasteiger partial charge in [0.15, 0.2) is 5.78 Å². The summed E-state index contributed by atoms with van der Waals surface area (Å²) in [5.74, 6) is -0.209. The van der Waals surface area contributed by atoms with Crippen LogP contribution in [0.5, 0.6) is 0 Å². The lowest BCUT2D eigenvalue weighted by atomic mass is 10.1. The summed E-state index contributed by atoms with van der Waals surface area (Å²) in [4.78, 5) is 35.7. The van der Waals surface area contributed by atoms with Gasteiger partial charge in [-0.1, -0.05) is 70.4 Å². The summed E-state index contributed by atoms with van der Waals surface area (Å²) < 4.78 is 5.17. The Kier molecular flexibility index (Phi) is 19.4. The SMILES string of the molecule is CCCCCCCCC=CCCCCCCCC(=O)N[C@@H](CCNC(=O)OC(C)(C)C)C(C)=O. The molecule has 2 N–H and O–H groups in total. The van der Waals surface area contributed by atoms with Crippen LogP contribution in [0.2, 0.25) is 0 Å². The average molecular weight is 481 g/mol. The van der Waals surface area contributed by atoms with Gasteiger partial charge in [-0.2, -0.15) is 0 Å². The molecule has 0 saturated carbocycles. The molecule has 0 aliphatic rings. The van der Waals surface area contributed by atoms with E-state index in [9.17, 15) is 14.4 Å². The molecule has 0 aromatic carbocycles. The number of alkyl carbamates (subject to hydrolysis) is 1. The minimum Gasteiger partial charge on any atom is -0.444 e. The number of carbonyl (C=O) groups is 3. The second-order valence-electron chi connectivity index (χ2n) is 10.3. The standard InChI is InChI=1S/C28H52N2O4/c1-6-7-8-9-10-11-12-13-14-15-16-17-18-19-20-21-26(32)30-25(24(2)31)22-23-29-27(33)34-28(3,4)5/h13-14,25H,6-12,15-23H2,1-5H3,(H,29,33)(H,30,32)/t25-/m0/s1. The van der Waals surface area contributed by atoms with E-state index in [2.05, 4.69) is 29.7 Å². The molecule has 0 saturated heterocycles. The maximum Gasteiger partial charge on any atom is 0.407 e. The molecule has 6 nitrogen and oxygen atoms in total. The van der Waals surface area contributed by atoms with Gasteiger partial charge in [0, 0.05) is 13.0 Å². The minimum absolute atomic E-state index is 0.102. The Balaban J connectivity index is 3.75. The van der Waals surface area contributed by atoms with Crippen molar-refractivity contribution in [3.63, 3.8) is 0 Å². The van der Waals surface area contributed by atoms with Crippen LogP contribution in [0.25, 0.3) is 0 Å². The van der Waals surface area contributed by atoms with E-state index in [-0.39, 0.29) is 18.2 Å². The molecule has 2 amide bonds. The molecule has 0 radical (unpaired) electrons. The molecule has 0 aliphatic heterocycles. The van der Waals surface area contributed by atoms with Crippen molar-refractivity contribution < 1.29 is 19.1 Å². The summed E-state index contributed by atoms with van der Waals surface area (Å²) >= 11 is 0. The molecule has 0 rings (SSSR count). The molecule has 6 heteroatoms. The molecule has 0 bridgehead atoms. The monoisotopic (exact) mass is 480 g/mol. The fraction of sp³-hybridized carbons (Fsp3) is 0.821. The van der Waals surface area contributed by atoms with Gasteiger partial charge >= 0.3 is 6.09 Å². The zero-order valence-corrected chi connectivity index (χ0v) is 22.7. The lowest BCUT2D eigenvalue weighted by Crippen LogP contribution is -2.42. The van der Waals surface area contributed by atoms with Gasteiger partial charge in [-0.25, -0.2) is 4.79 Å². The quantitative estimate of drug-likeness (QED) is 0.145. The summed E-state index contributed by atoms with van der Waals surface area (Å²) in [6, 6.07) is -0.578. The number of ether oxygens (including phenoxy) is 1. The van der Waals surface area contributed by atoms with Gasteiger partial charge in [-0.05, 0) is 66.2 Å². The normalized spacial score (nSPS) is 12.5. The van der Waals surface area contributed by atoms with Gasteiger partial charge in [-0.3, -0.25) is 9.59 Å². The smallest absolute Gasteiger partial charge is 0.407 e. The molecule has 0 aromatic rings. The number of Topliss-reactive ketones (excluding diaryl/α,β-unsaturated/α-hetero) is 1. The Morgan fingerprint density at radius 1 is 0.824 bits per heavy atom. The molecule has 0 aromatic heterocycles. The van der Waals surface area contributed by atoms with Gasteiger partial charge in [0.1, 0.15) is 5.60 Å². The molecule has 0 aliphatic carbocycles. The van der Waals surface area contributed by atoms with Crippen molar-refractivity contribution >= 4 is 17.8 Å². The van der Waals surface area contributed by atoms with Crippen molar-refractivity contribution in [3.05, 3.63) is 12.2 Å². The molecule has 0 fully saturated rings. The van der Waals surface area contributed by atoms with E-state index >= 15 is 0 Å². The summed E-state index contributed by atoms with van der Waals surface area (Å²) in [6.45, 7) is 9.36. The Labute approximate surface area is 209 Å². The number of amides is 2. The zero-order chi connectivity index (χ0) is 25.7. The Morgan fingerprint density at radius 3 is 1.88 bits per heavy atom. The van der Waals surface area contributed by atoms with Crippen molar-refractivity contribution in [3.8, 4) is 0 Å². The Hall–Kier alpha value is -1.85.